The van der Waals surface area contributed by atoms with Gasteiger partial charge in [0.05, 0.1) is 22.8 Å². The van der Waals surface area contributed by atoms with Crippen LogP contribution in [-0.2, 0) is 14.6 Å². The Kier molecular flexibility index (Phi) is 10.6. The Morgan fingerprint density at radius 3 is 1.73 bits per heavy atom. The first-order valence-corrected chi connectivity index (χ1v) is 7.87. The molecule has 0 radical (unpaired) electrons. The van der Waals surface area contributed by atoms with Crippen molar-refractivity contribution in [3.63, 3.8) is 0 Å². The summed E-state index contributed by atoms with van der Waals surface area (Å²) >= 11 is 12.7. The van der Waals surface area contributed by atoms with Crippen LogP contribution in [0.2, 0.25) is 0 Å². The molecule has 0 spiro atoms. The van der Waals surface area contributed by atoms with E-state index in [1.54, 1.807) is 13.8 Å². The first-order chi connectivity index (χ1) is 10.4. The average molecular weight is 404 g/mol. The Morgan fingerprint density at radius 2 is 1.41 bits per heavy atom. The number of pyridine rings is 1. The summed E-state index contributed by atoms with van der Waals surface area (Å²) in [6.07, 6.45) is 0. The van der Waals surface area contributed by atoms with Crippen molar-refractivity contribution in [2.24, 2.45) is 21.7 Å². The molecule has 0 amide bonds. The Bertz CT molecular complexity index is 544. The third-order valence-electron chi connectivity index (χ3n) is 2.16. The summed E-state index contributed by atoms with van der Waals surface area (Å²) in [6, 6.07) is 5.48. The van der Waals surface area contributed by atoms with Gasteiger partial charge < -0.3 is 11.5 Å². The second-order valence-electron chi connectivity index (χ2n) is 3.75. The molecule has 123 valence electrons. The van der Waals surface area contributed by atoms with E-state index in [-0.39, 0.29) is 10.2 Å². The fourth-order valence-corrected chi connectivity index (χ4v) is 1.32. The molecule has 0 saturated carbocycles. The van der Waals surface area contributed by atoms with E-state index >= 15 is 0 Å². The maximum atomic E-state index is 5.31. The number of nitrogens with one attached hydrogen (secondary N) is 2. The van der Waals surface area contributed by atoms with Gasteiger partial charge >= 0.3 is 24.8 Å². The number of rotatable bonds is 4. The zero-order valence-corrected chi connectivity index (χ0v) is 15.1. The molecule has 1 aromatic rings. The van der Waals surface area contributed by atoms with Crippen LogP contribution in [0.15, 0.2) is 28.4 Å². The molecule has 0 aliphatic heterocycles. The summed E-state index contributed by atoms with van der Waals surface area (Å²) in [5.41, 5.74) is 18.3. The van der Waals surface area contributed by atoms with E-state index in [0.717, 1.165) is 0 Å². The summed E-state index contributed by atoms with van der Waals surface area (Å²) in [7, 11) is 4.26. The number of nitrogens with zero attached hydrogens (tertiary/aromatic N) is 3. The molecule has 0 saturated heterocycles. The number of halogens is 1. The van der Waals surface area contributed by atoms with E-state index in [1.807, 2.05) is 18.2 Å². The Labute approximate surface area is 151 Å². The van der Waals surface area contributed by atoms with E-state index in [9.17, 15) is 0 Å². The minimum atomic E-state index is 0.0962. The van der Waals surface area contributed by atoms with E-state index < -0.39 is 0 Å². The van der Waals surface area contributed by atoms with Gasteiger partial charge in [0.2, 0.25) is 0 Å². The third-order valence-corrected chi connectivity index (χ3v) is 2.34. The standard InChI is InChI=1S/C11H15N7S2.ClH.Ni/c1-6(15-17-10(12)19)8-4-3-5-9(14-8)7(2)16-18-11(13)20;;/h3-5H,1-2H3,(H3,12,17,19)(H3,13,18,20);1H;/q;;+1/p-1. The van der Waals surface area contributed by atoms with Crippen LogP contribution in [-0.4, -0.2) is 26.6 Å². The van der Waals surface area contributed by atoms with Crippen LogP contribution < -0.4 is 22.3 Å². The van der Waals surface area contributed by atoms with Gasteiger partial charge in [-0.3, -0.25) is 10.9 Å². The maximum absolute atomic E-state index is 5.31. The van der Waals surface area contributed by atoms with Crippen LogP contribution >= 0.6 is 34.6 Å². The molecule has 11 heteroatoms. The predicted octanol–water partition coefficient (Wildman–Crippen LogP) is 0.883. The summed E-state index contributed by atoms with van der Waals surface area (Å²) in [4.78, 5) is 4.42. The molecule has 0 aliphatic rings. The molecular formula is C11H15ClN7NiS2. The molecule has 0 aliphatic carbocycles. The quantitative estimate of drug-likeness (QED) is 0.255. The number of hydrazone groups is 2. The summed E-state index contributed by atoms with van der Waals surface area (Å²) in [5, 5.41) is 8.21. The fourth-order valence-electron chi connectivity index (χ4n) is 1.23. The first-order valence-electron chi connectivity index (χ1n) is 5.69. The number of aromatic nitrogens is 1. The van der Waals surface area contributed by atoms with Crippen LogP contribution in [0.25, 0.3) is 0 Å². The van der Waals surface area contributed by atoms with Crippen molar-refractivity contribution in [1.82, 2.24) is 15.8 Å². The average Bonchev–Trinajstić information content (AvgIpc) is 2.52. The molecule has 0 aromatic carbocycles. The van der Waals surface area contributed by atoms with Gasteiger partial charge in [0.15, 0.2) is 10.2 Å². The third kappa shape index (κ3) is 8.18. The van der Waals surface area contributed by atoms with Gasteiger partial charge in [0.1, 0.15) is 0 Å². The molecule has 6 N–H and O–H groups in total. The molecule has 0 unspecified atom stereocenters. The van der Waals surface area contributed by atoms with Crippen molar-refractivity contribution in [2.75, 3.05) is 0 Å². The van der Waals surface area contributed by atoms with Crippen molar-refractivity contribution >= 4 is 56.3 Å². The second-order valence-corrected chi connectivity index (χ2v) is 4.63. The van der Waals surface area contributed by atoms with Gasteiger partial charge in [0, 0.05) is 0 Å². The van der Waals surface area contributed by atoms with Crippen LogP contribution in [0.1, 0.15) is 25.2 Å². The first kappa shape index (κ1) is 20.7. The molecule has 0 atom stereocenters. The molecule has 1 aromatic heterocycles. The van der Waals surface area contributed by atoms with Crippen molar-refractivity contribution < 1.29 is 14.6 Å². The Hall–Kier alpha value is -1.35. The van der Waals surface area contributed by atoms with Gasteiger partial charge in [-0.05, 0) is 50.4 Å². The van der Waals surface area contributed by atoms with Crippen LogP contribution in [0.4, 0.5) is 0 Å². The monoisotopic (exact) mass is 402 g/mol. The summed E-state index contributed by atoms with van der Waals surface area (Å²) in [6.45, 7) is 3.58. The molecule has 22 heavy (non-hydrogen) atoms. The molecular weight excluding hydrogens is 388 g/mol. The van der Waals surface area contributed by atoms with Gasteiger partial charge in [-0.25, -0.2) is 4.98 Å². The normalized spacial score (nSPS) is 11.1. The molecule has 7 nitrogen and oxygen atoms in total. The topological polar surface area (TPSA) is 114 Å². The summed E-state index contributed by atoms with van der Waals surface area (Å²) < 4.78 is 0. The van der Waals surface area contributed by atoms with Crippen LogP contribution in [0.3, 0.4) is 0 Å². The van der Waals surface area contributed by atoms with Crippen molar-refractivity contribution in [3.05, 3.63) is 29.6 Å². The number of hydrogen-bond acceptors (Lipinski definition) is 5. The van der Waals surface area contributed by atoms with Gasteiger partial charge in [-0.2, -0.15) is 10.2 Å². The van der Waals surface area contributed by atoms with Gasteiger partial charge in [-0.1, -0.05) is 6.07 Å². The molecule has 0 fully saturated rings. The molecule has 1 rings (SSSR count). The van der Waals surface area contributed by atoms with Crippen LogP contribution in [0, 0.1) is 0 Å². The Morgan fingerprint density at radius 1 is 1.05 bits per heavy atom. The van der Waals surface area contributed by atoms with Crippen molar-refractivity contribution in [3.8, 4) is 0 Å². The van der Waals surface area contributed by atoms with E-state index in [1.165, 1.54) is 0 Å². The van der Waals surface area contributed by atoms with E-state index in [2.05, 4.69) is 75.2 Å². The van der Waals surface area contributed by atoms with Gasteiger partial charge in [-0.15, -0.1) is 0 Å². The van der Waals surface area contributed by atoms with Crippen molar-refractivity contribution in [2.45, 2.75) is 13.8 Å². The van der Waals surface area contributed by atoms with Crippen molar-refractivity contribution in [1.29, 1.82) is 0 Å². The molecule has 0 bridgehead atoms. The number of thiocarbonyl (C=S) groups is 2. The predicted molar refractivity (Wildman–Crippen MR) is 94.4 cm³/mol. The zero-order chi connectivity index (χ0) is 17.1. The van der Waals surface area contributed by atoms with E-state index in [0.29, 0.717) is 22.8 Å². The minimum absolute atomic E-state index is 0.0962. The number of hydrogen-bond donors (Lipinski definition) is 4. The zero-order valence-electron chi connectivity index (χ0n) is 11.7. The molecule has 1 heterocycles. The van der Waals surface area contributed by atoms with E-state index in [4.69, 9.17) is 11.5 Å². The Balaban J connectivity index is 0.00000211. The second kappa shape index (κ2) is 11.3. The fraction of sp³-hybridized carbons (Fsp3) is 0.182. The SMILES string of the molecule is CC(=NNC(N)=S)c1cccc(C(C)=NNC(N)=S)n1.[Cl][Ni]. The van der Waals surface area contributed by atoms with Crippen LogP contribution in [0.5, 0.6) is 0 Å². The van der Waals surface area contributed by atoms with Gasteiger partial charge in [0.25, 0.3) is 0 Å². The number of nitrogens with two attached hydrogens (primary N) is 2. The summed E-state index contributed by atoms with van der Waals surface area (Å²) in [5.74, 6) is 0.